The molecule has 0 spiro atoms. The van der Waals surface area contributed by atoms with Gasteiger partial charge in [0.2, 0.25) is 11.7 Å². The number of nitrogens with one attached hydrogen (secondary N) is 1. The summed E-state index contributed by atoms with van der Waals surface area (Å²) in [5, 5.41) is 3.07. The van der Waals surface area contributed by atoms with Crippen molar-refractivity contribution in [3.63, 3.8) is 0 Å². The third-order valence-corrected chi connectivity index (χ3v) is 2.05. The highest BCUT2D eigenvalue weighted by atomic mass is 32.1. The molecule has 1 heterocycles. The van der Waals surface area contributed by atoms with Gasteiger partial charge in [0.15, 0.2) is 6.20 Å². The molecule has 0 fully saturated rings. The summed E-state index contributed by atoms with van der Waals surface area (Å²) in [6.45, 7) is 3.22. The van der Waals surface area contributed by atoms with E-state index >= 15 is 0 Å². The Morgan fingerprint density at radius 1 is 1.80 bits per heavy atom. The minimum Gasteiger partial charge on any atom is -0.305 e. The van der Waals surface area contributed by atoms with E-state index in [9.17, 15) is 0 Å². The van der Waals surface area contributed by atoms with Crippen LogP contribution in [0.2, 0.25) is 0 Å². The molecule has 56 valence electrons. The fourth-order valence-electron chi connectivity index (χ4n) is 0.792. The van der Waals surface area contributed by atoms with Gasteiger partial charge in [-0.25, -0.2) is 0 Å². The van der Waals surface area contributed by atoms with Crippen molar-refractivity contribution >= 4 is 17.5 Å². The van der Waals surface area contributed by atoms with Gasteiger partial charge >= 0.3 is 0 Å². The minimum atomic E-state index is 1.06. The largest absolute Gasteiger partial charge is 0.305 e. The molecule has 0 bridgehead atoms. The average Bonchev–Trinajstić information content (AvgIpc) is 2.36. The van der Waals surface area contributed by atoms with Gasteiger partial charge in [-0.05, 0) is 10.8 Å². The molecular weight excluding hydrogens is 146 g/mol. The maximum atomic E-state index is 4.05. The number of rotatable bonds is 3. The molecule has 1 N–H and O–H groups in total. The van der Waals surface area contributed by atoms with Crippen LogP contribution in [-0.4, -0.2) is 11.4 Å². The van der Waals surface area contributed by atoms with Crippen LogP contribution in [0.15, 0.2) is 6.20 Å². The molecule has 4 heteroatoms. The summed E-state index contributed by atoms with van der Waals surface area (Å²) < 4.78 is 6.19. The van der Waals surface area contributed by atoms with Crippen LogP contribution in [0.25, 0.3) is 0 Å². The molecule has 1 aromatic heterocycles. The zero-order chi connectivity index (χ0) is 7.40. The van der Waals surface area contributed by atoms with E-state index in [4.69, 9.17) is 0 Å². The SMILES string of the molecule is CCC[n+]1sncc1NC. The molecule has 1 rings (SSSR count). The second-order valence-corrected chi connectivity index (χ2v) is 2.87. The van der Waals surface area contributed by atoms with E-state index in [1.165, 1.54) is 11.7 Å². The van der Waals surface area contributed by atoms with Crippen LogP contribution >= 0.6 is 11.7 Å². The van der Waals surface area contributed by atoms with Gasteiger partial charge in [-0.3, -0.25) is 0 Å². The van der Waals surface area contributed by atoms with Gasteiger partial charge in [-0.15, -0.1) is 0 Å². The third kappa shape index (κ3) is 1.44. The Kier molecular flexibility index (Phi) is 2.62. The first-order valence-electron chi connectivity index (χ1n) is 3.41. The van der Waals surface area contributed by atoms with Gasteiger partial charge in [0, 0.05) is 0 Å². The topological polar surface area (TPSA) is 28.8 Å². The predicted molar refractivity (Wildman–Crippen MR) is 42.1 cm³/mol. The lowest BCUT2D eigenvalue weighted by Gasteiger charge is -1.93. The summed E-state index contributed by atoms with van der Waals surface area (Å²) in [5.41, 5.74) is 0. The Morgan fingerprint density at radius 2 is 2.60 bits per heavy atom. The van der Waals surface area contributed by atoms with Crippen molar-refractivity contribution in [1.82, 2.24) is 4.37 Å². The van der Waals surface area contributed by atoms with Gasteiger partial charge in [0.1, 0.15) is 0 Å². The minimum absolute atomic E-state index is 1.06. The molecule has 3 nitrogen and oxygen atoms in total. The average molecular weight is 158 g/mol. The van der Waals surface area contributed by atoms with Gasteiger partial charge in [0.25, 0.3) is 5.82 Å². The standard InChI is InChI=1S/C6H11N3S/c1-3-4-9-6(7-2)5-8-10-9/h5H,3-4H2,1-2H3/p+1. The van der Waals surface area contributed by atoms with Gasteiger partial charge in [-0.2, -0.15) is 3.96 Å². The third-order valence-electron chi connectivity index (χ3n) is 1.27. The van der Waals surface area contributed by atoms with Crippen molar-refractivity contribution in [2.24, 2.45) is 0 Å². The van der Waals surface area contributed by atoms with Crippen LogP contribution in [0, 0.1) is 0 Å². The van der Waals surface area contributed by atoms with Crippen molar-refractivity contribution in [2.45, 2.75) is 19.9 Å². The quantitative estimate of drug-likeness (QED) is 0.662. The number of aromatic nitrogens is 2. The number of aryl methyl sites for hydroxylation is 1. The monoisotopic (exact) mass is 158 g/mol. The number of nitrogens with zero attached hydrogens (tertiary/aromatic N) is 2. The number of anilines is 1. The number of hydrogen-bond acceptors (Lipinski definition) is 3. The smallest absolute Gasteiger partial charge is 0.268 e. The van der Waals surface area contributed by atoms with E-state index in [0.717, 1.165) is 18.8 Å². The summed E-state index contributed by atoms with van der Waals surface area (Å²) in [6, 6.07) is 0. The predicted octanol–water partition coefficient (Wildman–Crippen LogP) is 0.882. The second kappa shape index (κ2) is 3.51. The first kappa shape index (κ1) is 7.47. The Bertz CT molecular complexity index is 197. The van der Waals surface area contributed by atoms with Gasteiger partial charge in [-0.1, -0.05) is 6.92 Å². The van der Waals surface area contributed by atoms with Crippen molar-refractivity contribution in [3.05, 3.63) is 6.20 Å². The summed E-state index contributed by atoms with van der Waals surface area (Å²) in [5.74, 6) is 1.10. The lowest BCUT2D eigenvalue weighted by molar-refractivity contribution is -0.615. The highest BCUT2D eigenvalue weighted by molar-refractivity contribution is 6.94. The lowest BCUT2D eigenvalue weighted by atomic mass is 10.5. The molecule has 0 aromatic carbocycles. The van der Waals surface area contributed by atoms with Crippen LogP contribution in [0.5, 0.6) is 0 Å². The molecule has 0 unspecified atom stereocenters. The first-order chi connectivity index (χ1) is 4.88. The van der Waals surface area contributed by atoms with E-state index in [1.54, 1.807) is 0 Å². The first-order valence-corrected chi connectivity index (χ1v) is 4.14. The maximum absolute atomic E-state index is 4.05. The summed E-state index contributed by atoms with van der Waals surface area (Å²) in [7, 11) is 1.91. The van der Waals surface area contributed by atoms with Crippen LogP contribution in [-0.2, 0) is 6.54 Å². The van der Waals surface area contributed by atoms with E-state index in [-0.39, 0.29) is 0 Å². The van der Waals surface area contributed by atoms with Crippen molar-refractivity contribution in [3.8, 4) is 0 Å². The lowest BCUT2D eigenvalue weighted by Crippen LogP contribution is -2.30. The van der Waals surface area contributed by atoms with Gasteiger partial charge < -0.3 is 5.32 Å². The molecule has 0 saturated carbocycles. The molecule has 10 heavy (non-hydrogen) atoms. The van der Waals surface area contributed by atoms with E-state index in [2.05, 4.69) is 20.6 Å². The molecule has 0 atom stereocenters. The van der Waals surface area contributed by atoms with Crippen LogP contribution in [0.3, 0.4) is 0 Å². The zero-order valence-corrected chi connectivity index (χ0v) is 7.11. The number of hydrogen-bond donors (Lipinski definition) is 1. The molecule has 0 aliphatic carbocycles. The molecule has 0 radical (unpaired) electrons. The van der Waals surface area contributed by atoms with E-state index in [1.807, 2.05) is 13.2 Å². The van der Waals surface area contributed by atoms with Crippen LogP contribution in [0.1, 0.15) is 13.3 Å². The maximum Gasteiger partial charge on any atom is 0.268 e. The van der Waals surface area contributed by atoms with E-state index < -0.39 is 0 Å². The van der Waals surface area contributed by atoms with Crippen LogP contribution < -0.4 is 9.27 Å². The highest BCUT2D eigenvalue weighted by Gasteiger charge is 2.06. The van der Waals surface area contributed by atoms with Crippen molar-refractivity contribution in [1.29, 1.82) is 0 Å². The Morgan fingerprint density at radius 3 is 3.20 bits per heavy atom. The molecule has 1 aromatic rings. The van der Waals surface area contributed by atoms with Gasteiger partial charge in [0.05, 0.1) is 13.6 Å². The fraction of sp³-hybridized carbons (Fsp3) is 0.667. The Hall–Kier alpha value is -0.640. The molecule has 0 aliphatic heterocycles. The highest BCUT2D eigenvalue weighted by Crippen LogP contribution is 1.97. The molecular formula is C6H12N3S+. The van der Waals surface area contributed by atoms with Crippen molar-refractivity contribution in [2.75, 3.05) is 12.4 Å². The van der Waals surface area contributed by atoms with Crippen LogP contribution in [0.4, 0.5) is 5.82 Å². The normalized spacial score (nSPS) is 9.80. The summed E-state index contributed by atoms with van der Waals surface area (Å²) >= 11 is 1.50. The molecule has 0 amide bonds. The second-order valence-electron chi connectivity index (χ2n) is 2.05. The molecule has 0 aliphatic rings. The van der Waals surface area contributed by atoms with Crippen molar-refractivity contribution < 1.29 is 3.96 Å². The summed E-state index contributed by atoms with van der Waals surface area (Å²) in [6.07, 6.45) is 3.00. The fourth-order valence-corrected chi connectivity index (χ4v) is 1.54. The zero-order valence-electron chi connectivity index (χ0n) is 6.29. The molecule has 0 saturated heterocycles. The Labute approximate surface area is 65.0 Å². The van der Waals surface area contributed by atoms with E-state index in [0.29, 0.717) is 0 Å². The summed E-state index contributed by atoms with van der Waals surface area (Å²) in [4.78, 5) is 0. The Balaban J connectivity index is 2.70.